The molecule has 0 saturated heterocycles. The number of methoxy groups -OCH3 is 1. The SMILES string of the molecule is COC(=O)Nc1ccc(Nc2ccc(Cl)c(Cl)c2)nn1. The Kier molecular flexibility index (Phi) is 4.60. The molecule has 2 rings (SSSR count). The average Bonchev–Trinajstić information content (AvgIpc) is 2.45. The lowest BCUT2D eigenvalue weighted by atomic mass is 10.3. The highest BCUT2D eigenvalue weighted by Crippen LogP contribution is 2.26. The molecule has 1 aromatic heterocycles. The third kappa shape index (κ3) is 3.72. The molecule has 0 bridgehead atoms. The Balaban J connectivity index is 2.06. The summed E-state index contributed by atoms with van der Waals surface area (Å²) in [6.07, 6.45) is -0.607. The van der Waals surface area contributed by atoms with Crippen molar-refractivity contribution in [1.82, 2.24) is 10.2 Å². The number of benzene rings is 1. The number of ether oxygens (including phenoxy) is 1. The largest absolute Gasteiger partial charge is 0.453 e. The third-order valence-corrected chi connectivity index (χ3v) is 3.01. The van der Waals surface area contributed by atoms with E-state index in [1.165, 1.54) is 7.11 Å². The maximum absolute atomic E-state index is 11.0. The second-order valence-corrected chi connectivity index (χ2v) is 4.49. The summed E-state index contributed by atoms with van der Waals surface area (Å²) in [7, 11) is 1.27. The van der Waals surface area contributed by atoms with E-state index in [1.54, 1.807) is 30.3 Å². The van der Waals surface area contributed by atoms with Gasteiger partial charge in [0.05, 0.1) is 17.2 Å². The Hall–Kier alpha value is -2.05. The quantitative estimate of drug-likeness (QED) is 0.903. The Morgan fingerprint density at radius 1 is 1.10 bits per heavy atom. The number of rotatable bonds is 3. The smallest absolute Gasteiger partial charge is 0.412 e. The van der Waals surface area contributed by atoms with Crippen molar-refractivity contribution in [2.75, 3.05) is 17.7 Å². The van der Waals surface area contributed by atoms with Crippen molar-refractivity contribution in [3.8, 4) is 0 Å². The summed E-state index contributed by atoms with van der Waals surface area (Å²) in [5.41, 5.74) is 0.724. The Labute approximate surface area is 125 Å². The molecule has 0 fully saturated rings. The molecule has 0 unspecified atom stereocenters. The zero-order valence-electron chi connectivity index (χ0n) is 10.4. The number of carbonyl (C=O) groups excluding carboxylic acids is 1. The van der Waals surface area contributed by atoms with Crippen LogP contribution in [0.1, 0.15) is 0 Å². The maximum Gasteiger partial charge on any atom is 0.412 e. The third-order valence-electron chi connectivity index (χ3n) is 2.27. The number of anilines is 3. The van der Waals surface area contributed by atoms with E-state index in [2.05, 4.69) is 25.6 Å². The fourth-order valence-electron chi connectivity index (χ4n) is 1.34. The number of hydrogen-bond donors (Lipinski definition) is 2. The molecule has 104 valence electrons. The Morgan fingerprint density at radius 3 is 2.40 bits per heavy atom. The fraction of sp³-hybridized carbons (Fsp3) is 0.0833. The lowest BCUT2D eigenvalue weighted by Gasteiger charge is -2.07. The Bertz CT molecular complexity index is 619. The van der Waals surface area contributed by atoms with Crippen LogP contribution in [0.4, 0.5) is 22.1 Å². The summed E-state index contributed by atoms with van der Waals surface area (Å²) in [5.74, 6) is 0.787. The zero-order chi connectivity index (χ0) is 14.5. The number of nitrogens with zero attached hydrogens (tertiary/aromatic N) is 2. The van der Waals surface area contributed by atoms with Crippen LogP contribution in [-0.4, -0.2) is 23.4 Å². The van der Waals surface area contributed by atoms with Crippen molar-refractivity contribution >= 4 is 46.6 Å². The van der Waals surface area contributed by atoms with E-state index in [9.17, 15) is 4.79 Å². The van der Waals surface area contributed by atoms with Crippen LogP contribution in [0.5, 0.6) is 0 Å². The fourth-order valence-corrected chi connectivity index (χ4v) is 1.64. The first-order chi connectivity index (χ1) is 9.58. The van der Waals surface area contributed by atoms with E-state index in [0.717, 1.165) is 5.69 Å². The van der Waals surface area contributed by atoms with Crippen LogP contribution in [0, 0.1) is 0 Å². The van der Waals surface area contributed by atoms with Gasteiger partial charge >= 0.3 is 6.09 Å². The first kappa shape index (κ1) is 14.4. The van der Waals surface area contributed by atoms with Crippen molar-refractivity contribution in [2.24, 2.45) is 0 Å². The molecule has 6 nitrogen and oxygen atoms in total. The molecule has 0 aliphatic heterocycles. The first-order valence-electron chi connectivity index (χ1n) is 5.49. The first-order valence-corrected chi connectivity index (χ1v) is 6.25. The summed E-state index contributed by atoms with van der Waals surface area (Å²) in [6, 6.07) is 8.35. The van der Waals surface area contributed by atoms with E-state index >= 15 is 0 Å². The van der Waals surface area contributed by atoms with Crippen LogP contribution in [0.2, 0.25) is 10.0 Å². The van der Waals surface area contributed by atoms with E-state index in [0.29, 0.717) is 15.9 Å². The van der Waals surface area contributed by atoms with Gasteiger partial charge in [-0.3, -0.25) is 5.32 Å². The van der Waals surface area contributed by atoms with Crippen LogP contribution in [0.15, 0.2) is 30.3 Å². The predicted molar refractivity (Wildman–Crippen MR) is 77.8 cm³/mol. The molecule has 8 heteroatoms. The summed E-state index contributed by atoms with van der Waals surface area (Å²) in [4.78, 5) is 11.0. The zero-order valence-corrected chi connectivity index (χ0v) is 11.9. The summed E-state index contributed by atoms with van der Waals surface area (Å²) >= 11 is 11.7. The lowest BCUT2D eigenvalue weighted by Crippen LogP contribution is -2.12. The molecule has 0 radical (unpaired) electrons. The highest BCUT2D eigenvalue weighted by molar-refractivity contribution is 6.42. The number of amides is 1. The molecule has 0 atom stereocenters. The highest BCUT2D eigenvalue weighted by atomic mass is 35.5. The van der Waals surface area contributed by atoms with Gasteiger partial charge in [-0.05, 0) is 30.3 Å². The summed E-state index contributed by atoms with van der Waals surface area (Å²) in [6.45, 7) is 0. The molecule has 20 heavy (non-hydrogen) atoms. The highest BCUT2D eigenvalue weighted by Gasteiger charge is 2.04. The van der Waals surface area contributed by atoms with Crippen LogP contribution in [0.25, 0.3) is 0 Å². The molecule has 0 aliphatic carbocycles. The number of nitrogens with one attached hydrogen (secondary N) is 2. The molecule has 1 heterocycles. The molecule has 1 aromatic carbocycles. The molecule has 1 amide bonds. The standard InChI is InChI=1S/C12H10Cl2N4O2/c1-20-12(19)16-11-5-4-10(17-18-11)15-7-2-3-8(13)9(14)6-7/h2-6H,1H3,(H,15,17)(H,16,18,19). The lowest BCUT2D eigenvalue weighted by molar-refractivity contribution is 0.187. The van der Waals surface area contributed by atoms with Crippen LogP contribution >= 0.6 is 23.2 Å². The van der Waals surface area contributed by atoms with Gasteiger partial charge in [0.25, 0.3) is 0 Å². The van der Waals surface area contributed by atoms with Gasteiger partial charge in [0, 0.05) is 5.69 Å². The topological polar surface area (TPSA) is 76.1 Å². The minimum Gasteiger partial charge on any atom is -0.453 e. The Morgan fingerprint density at radius 2 is 1.80 bits per heavy atom. The van der Waals surface area contributed by atoms with Gasteiger partial charge in [-0.1, -0.05) is 23.2 Å². The minimum absolute atomic E-state index is 0.288. The average molecular weight is 313 g/mol. The minimum atomic E-state index is -0.607. The van der Waals surface area contributed by atoms with Crippen molar-refractivity contribution in [1.29, 1.82) is 0 Å². The number of hydrogen-bond acceptors (Lipinski definition) is 5. The van der Waals surface area contributed by atoms with Gasteiger partial charge in [0.2, 0.25) is 0 Å². The van der Waals surface area contributed by atoms with Crippen molar-refractivity contribution in [2.45, 2.75) is 0 Å². The monoisotopic (exact) mass is 312 g/mol. The number of halogens is 2. The van der Waals surface area contributed by atoms with Gasteiger partial charge < -0.3 is 10.1 Å². The van der Waals surface area contributed by atoms with Crippen LogP contribution in [0.3, 0.4) is 0 Å². The molecule has 0 saturated carbocycles. The van der Waals surface area contributed by atoms with Crippen molar-refractivity contribution in [3.05, 3.63) is 40.4 Å². The van der Waals surface area contributed by atoms with Crippen molar-refractivity contribution in [3.63, 3.8) is 0 Å². The van der Waals surface area contributed by atoms with Gasteiger partial charge in [-0.2, -0.15) is 0 Å². The number of aromatic nitrogens is 2. The van der Waals surface area contributed by atoms with Gasteiger partial charge in [-0.15, -0.1) is 10.2 Å². The predicted octanol–water partition coefficient (Wildman–Crippen LogP) is 3.71. The number of carbonyl (C=O) groups is 1. The van der Waals surface area contributed by atoms with Crippen molar-refractivity contribution < 1.29 is 9.53 Å². The van der Waals surface area contributed by atoms with Crippen LogP contribution < -0.4 is 10.6 Å². The van der Waals surface area contributed by atoms with Gasteiger partial charge in [0.15, 0.2) is 11.6 Å². The normalized spacial score (nSPS) is 9.95. The van der Waals surface area contributed by atoms with Gasteiger partial charge in [0.1, 0.15) is 0 Å². The molecule has 0 spiro atoms. The summed E-state index contributed by atoms with van der Waals surface area (Å²) < 4.78 is 4.44. The van der Waals surface area contributed by atoms with Crippen LogP contribution in [-0.2, 0) is 4.74 Å². The molecule has 0 aliphatic rings. The second-order valence-electron chi connectivity index (χ2n) is 3.67. The van der Waals surface area contributed by atoms with E-state index in [1.807, 2.05) is 0 Å². The summed E-state index contributed by atoms with van der Waals surface area (Å²) in [5, 5.41) is 14.0. The van der Waals surface area contributed by atoms with Gasteiger partial charge in [-0.25, -0.2) is 4.79 Å². The second kappa shape index (κ2) is 6.40. The van der Waals surface area contributed by atoms with E-state index < -0.39 is 6.09 Å². The van der Waals surface area contributed by atoms with E-state index in [-0.39, 0.29) is 5.82 Å². The molecular formula is C12H10Cl2N4O2. The molecular weight excluding hydrogens is 303 g/mol. The molecule has 2 aromatic rings. The van der Waals surface area contributed by atoms with E-state index in [4.69, 9.17) is 23.2 Å². The maximum atomic E-state index is 11.0. The molecule has 2 N–H and O–H groups in total.